The van der Waals surface area contributed by atoms with Crippen molar-refractivity contribution in [2.45, 2.75) is 101 Å². The summed E-state index contributed by atoms with van der Waals surface area (Å²) in [6.45, 7) is 2.76. The molecule has 0 fully saturated rings. The number of ether oxygens (including phenoxy) is 16. The van der Waals surface area contributed by atoms with Gasteiger partial charge in [0.15, 0.2) is 0 Å². The highest BCUT2D eigenvalue weighted by Gasteiger charge is 2.41. The van der Waals surface area contributed by atoms with Gasteiger partial charge >= 0.3 is 0 Å². The Morgan fingerprint density at radius 1 is 0.316 bits per heavy atom. The molecule has 1 aliphatic carbocycles. The quantitative estimate of drug-likeness (QED) is 0.0392. The Kier molecular flexibility index (Phi) is 21.5. The molecule has 0 atom stereocenters. The molecule has 416 valence electrons. The maximum Gasteiger partial charge on any atom is 0.231 e. The van der Waals surface area contributed by atoms with Gasteiger partial charge in [-0.15, -0.1) is 0 Å². The molecule has 16 nitrogen and oxygen atoms in total. The predicted molar refractivity (Wildman–Crippen MR) is 295 cm³/mol. The first-order valence-corrected chi connectivity index (χ1v) is 29.2. The molecule has 4 aromatic rings. The lowest BCUT2D eigenvalue weighted by molar-refractivity contribution is -0.0317. The molecular formula is C56H68Br4O16. The molecule has 8 bridgehead atoms. The van der Waals surface area contributed by atoms with E-state index in [9.17, 15) is 0 Å². The van der Waals surface area contributed by atoms with Gasteiger partial charge in [-0.25, -0.2) is 0 Å². The second-order valence-corrected chi connectivity index (χ2v) is 22.4. The van der Waals surface area contributed by atoms with Crippen molar-refractivity contribution < 1.29 is 75.8 Å². The Bertz CT molecular complexity index is 2130. The van der Waals surface area contributed by atoms with Crippen LogP contribution in [0.3, 0.4) is 0 Å². The van der Waals surface area contributed by atoms with Gasteiger partial charge in [0.1, 0.15) is 91.1 Å². The van der Waals surface area contributed by atoms with Crippen molar-refractivity contribution in [1.29, 1.82) is 0 Å². The fraction of sp³-hybridized carbons (Fsp3) is 0.571. The minimum Gasteiger partial charge on any atom is -0.456 e. The van der Waals surface area contributed by atoms with Crippen molar-refractivity contribution in [1.82, 2.24) is 0 Å². The first kappa shape index (κ1) is 57.6. The summed E-state index contributed by atoms with van der Waals surface area (Å²) in [6.07, 6.45) is 9.43. The van der Waals surface area contributed by atoms with E-state index < -0.39 is 0 Å². The normalized spacial score (nSPS) is 18.5. The van der Waals surface area contributed by atoms with Crippen molar-refractivity contribution in [2.24, 2.45) is 0 Å². The number of hydrogen-bond donors (Lipinski definition) is 0. The van der Waals surface area contributed by atoms with E-state index in [1.54, 1.807) is 28.4 Å². The molecule has 0 radical (unpaired) electrons. The zero-order valence-electron chi connectivity index (χ0n) is 43.6. The number of halogens is 4. The van der Waals surface area contributed by atoms with Crippen LogP contribution in [0.5, 0.6) is 46.0 Å². The van der Waals surface area contributed by atoms with E-state index in [0.717, 1.165) is 122 Å². The topological polar surface area (TPSA) is 148 Å². The summed E-state index contributed by atoms with van der Waals surface area (Å²) in [7, 11) is 6.55. The summed E-state index contributed by atoms with van der Waals surface area (Å²) in [4.78, 5) is 0. The lowest BCUT2D eigenvalue weighted by Gasteiger charge is -2.36. The Morgan fingerprint density at radius 3 is 0.671 bits per heavy atom. The van der Waals surface area contributed by atoms with Gasteiger partial charge in [0.25, 0.3) is 0 Å². The second-order valence-electron chi connectivity index (χ2n) is 19.2. The molecule has 0 saturated heterocycles. The van der Waals surface area contributed by atoms with Crippen molar-refractivity contribution in [2.75, 3.05) is 109 Å². The van der Waals surface area contributed by atoms with Crippen LogP contribution in [-0.4, -0.2) is 109 Å². The van der Waals surface area contributed by atoms with Gasteiger partial charge in [-0.3, -0.25) is 0 Å². The lowest BCUT2D eigenvalue weighted by Crippen LogP contribution is -2.23. The van der Waals surface area contributed by atoms with Gasteiger partial charge in [-0.1, -0.05) is 25.7 Å². The molecule has 0 saturated carbocycles. The first-order chi connectivity index (χ1) is 37.3. The van der Waals surface area contributed by atoms with Gasteiger partial charge in [-0.2, -0.15) is 0 Å². The molecule has 4 aliphatic heterocycles. The van der Waals surface area contributed by atoms with Crippen LogP contribution in [0.15, 0.2) is 42.2 Å². The molecule has 20 heteroatoms. The summed E-state index contributed by atoms with van der Waals surface area (Å²) in [5.41, 5.74) is 8.02. The van der Waals surface area contributed by atoms with Crippen LogP contribution in [-0.2, 0) is 37.9 Å². The second kappa shape index (κ2) is 28.3. The number of unbranched alkanes of at least 4 members (excludes halogenated alkanes) is 4. The fourth-order valence-corrected chi connectivity index (χ4v) is 13.9. The van der Waals surface area contributed by atoms with Crippen LogP contribution >= 0.6 is 63.7 Å². The summed E-state index contributed by atoms with van der Waals surface area (Å²) in [5, 5.41) is 0. The largest absolute Gasteiger partial charge is 0.456 e. The highest BCUT2D eigenvalue weighted by molar-refractivity contribution is 9.11. The molecule has 0 unspecified atom stereocenters. The monoisotopic (exact) mass is 1310 g/mol. The summed E-state index contributed by atoms with van der Waals surface area (Å²) < 4.78 is 101. The van der Waals surface area contributed by atoms with Crippen molar-refractivity contribution in [3.8, 4) is 46.0 Å². The summed E-state index contributed by atoms with van der Waals surface area (Å²) in [5.74, 6) is 4.21. The third-order valence-corrected chi connectivity index (χ3v) is 17.4. The van der Waals surface area contributed by atoms with Gasteiger partial charge in [0.05, 0.1) is 0 Å². The van der Waals surface area contributed by atoms with E-state index in [0.29, 0.717) is 90.3 Å². The van der Waals surface area contributed by atoms with E-state index in [4.69, 9.17) is 75.8 Å². The van der Waals surface area contributed by atoms with E-state index in [1.807, 2.05) is 0 Å². The molecule has 0 aromatic heterocycles. The van der Waals surface area contributed by atoms with E-state index in [1.165, 1.54) is 0 Å². The van der Waals surface area contributed by atoms with Crippen molar-refractivity contribution >= 4 is 63.7 Å². The van der Waals surface area contributed by atoms with Gasteiger partial charge in [0.2, 0.25) is 27.2 Å². The SMILES string of the molecule is COCOCCCCC1c2cc3c4c(Br)c2OCOc2c1cc1c(c2Br)OCOc2c(cc5c(c2Br)OCOc2c(cc(c(c2Br)OCO4)C3CCCCOCOC)C5CCCCOCOC)C1CCCCOCOC. The van der Waals surface area contributed by atoms with Gasteiger partial charge < -0.3 is 75.8 Å². The van der Waals surface area contributed by atoms with Crippen LogP contribution < -0.4 is 37.9 Å². The Balaban J connectivity index is 1.34. The molecule has 0 N–H and O–H groups in total. The zero-order valence-corrected chi connectivity index (χ0v) is 50.0. The fourth-order valence-electron chi connectivity index (χ4n) is 11.1. The molecule has 9 rings (SSSR count). The Morgan fingerprint density at radius 2 is 0.500 bits per heavy atom. The van der Waals surface area contributed by atoms with E-state index >= 15 is 0 Å². The van der Waals surface area contributed by atoms with Crippen LogP contribution in [0.25, 0.3) is 0 Å². The standard InChI is InChI=1S/C56H68Br4O16/c1-61-25-65-17-9-5-13-33-37-21-39-34(14-6-10-18-66-26-62-2)41-23-43-36(16-8-12-20-68-28-64-4)44-24-42-35(15-7-11-19-67-27-63-3)40-22-38(33)50-46(58)52(40)72-31-74-54(42)48(60)56(44)76-32-75-55(43)47(59)53(41)73-30-71-51(39)45(57)49(37)69-29-70-50/h21-24,33-36H,5-20,25-32H2,1-4H3. The number of methoxy groups -OCH3 is 4. The number of rotatable bonds is 28. The first-order valence-electron chi connectivity index (χ1n) is 26.0. The highest BCUT2D eigenvalue weighted by atomic mass is 79.9. The third-order valence-electron chi connectivity index (χ3n) is 14.5. The predicted octanol–water partition coefficient (Wildman–Crippen LogP) is 13.7. The van der Waals surface area contributed by atoms with Crippen LogP contribution in [0.4, 0.5) is 0 Å². The van der Waals surface area contributed by atoms with E-state index in [-0.39, 0.29) is 78.0 Å². The van der Waals surface area contributed by atoms with Crippen LogP contribution in [0.2, 0.25) is 0 Å². The van der Waals surface area contributed by atoms with Gasteiger partial charge in [0, 0.05) is 123 Å². The van der Waals surface area contributed by atoms with Crippen LogP contribution in [0.1, 0.15) is 145 Å². The molecule has 4 aromatic carbocycles. The molecule has 4 heterocycles. The number of benzene rings is 4. The zero-order chi connectivity index (χ0) is 53.0. The maximum atomic E-state index is 6.76. The minimum absolute atomic E-state index is 0.0844. The Labute approximate surface area is 479 Å². The summed E-state index contributed by atoms with van der Waals surface area (Å²) >= 11 is 16.4. The number of hydrogen-bond acceptors (Lipinski definition) is 16. The Hall–Kier alpha value is -3.12. The maximum absolute atomic E-state index is 6.76. The highest BCUT2D eigenvalue weighted by Crippen LogP contribution is 2.60. The van der Waals surface area contributed by atoms with Crippen molar-refractivity contribution in [3.05, 3.63) is 86.7 Å². The average Bonchev–Trinajstić information content (AvgIpc) is 3.48. The molecule has 76 heavy (non-hydrogen) atoms. The third kappa shape index (κ3) is 12.7. The van der Waals surface area contributed by atoms with E-state index in [2.05, 4.69) is 88.0 Å². The molecule has 0 spiro atoms. The minimum atomic E-state index is -0.240. The van der Waals surface area contributed by atoms with Crippen molar-refractivity contribution in [3.63, 3.8) is 0 Å². The average molecular weight is 1320 g/mol. The van der Waals surface area contributed by atoms with Crippen LogP contribution in [0, 0.1) is 0 Å². The molecule has 0 amide bonds. The van der Waals surface area contributed by atoms with Gasteiger partial charge in [-0.05, 0) is 139 Å². The lowest BCUT2D eigenvalue weighted by atomic mass is 9.76. The summed E-state index contributed by atoms with van der Waals surface area (Å²) in [6, 6.07) is 9.27. The molecular weight excluding hydrogens is 1250 g/mol. The molecule has 5 aliphatic rings. The smallest absolute Gasteiger partial charge is 0.231 e.